The Labute approximate surface area is 156 Å². The molecule has 0 aromatic heterocycles. The lowest BCUT2D eigenvalue weighted by Crippen LogP contribution is -2.47. The zero-order valence-corrected chi connectivity index (χ0v) is 16.5. The fourth-order valence-electron chi connectivity index (χ4n) is 3.04. The zero-order chi connectivity index (χ0) is 19.3. The molecule has 26 heavy (non-hydrogen) atoms. The highest BCUT2D eigenvalue weighted by molar-refractivity contribution is 7.92. The van der Waals surface area contributed by atoms with Gasteiger partial charge >= 0.3 is 0 Å². The van der Waals surface area contributed by atoms with Crippen LogP contribution in [0.4, 0.5) is 11.4 Å². The molecule has 2 rings (SSSR count). The van der Waals surface area contributed by atoms with Gasteiger partial charge in [-0.1, -0.05) is 50.2 Å². The number of aryl methyl sites for hydroxylation is 2. The van der Waals surface area contributed by atoms with E-state index in [4.69, 9.17) is 0 Å². The largest absolute Gasteiger partial charge is 0.324 e. The summed E-state index contributed by atoms with van der Waals surface area (Å²) in [6.45, 7) is 5.76. The van der Waals surface area contributed by atoms with Crippen molar-refractivity contribution in [1.29, 1.82) is 0 Å². The first-order valence-electron chi connectivity index (χ1n) is 8.73. The zero-order valence-electron chi connectivity index (χ0n) is 15.7. The van der Waals surface area contributed by atoms with Crippen LogP contribution in [0.5, 0.6) is 0 Å². The van der Waals surface area contributed by atoms with Gasteiger partial charge < -0.3 is 5.32 Å². The van der Waals surface area contributed by atoms with Crippen LogP contribution in [0.1, 0.15) is 31.4 Å². The number of carbonyl (C=O) groups is 1. The van der Waals surface area contributed by atoms with Crippen LogP contribution in [0.25, 0.3) is 0 Å². The number of amides is 1. The van der Waals surface area contributed by atoms with E-state index in [1.54, 1.807) is 24.3 Å². The Bertz CT molecular complexity index is 864. The summed E-state index contributed by atoms with van der Waals surface area (Å²) >= 11 is 0. The van der Waals surface area contributed by atoms with Gasteiger partial charge in [0.1, 0.15) is 6.04 Å². The third-order valence-corrected chi connectivity index (χ3v) is 5.51. The van der Waals surface area contributed by atoms with E-state index >= 15 is 0 Å². The lowest BCUT2D eigenvalue weighted by molar-refractivity contribution is -0.117. The Hall–Kier alpha value is -2.34. The fraction of sp³-hybridized carbons (Fsp3) is 0.350. The number of nitrogens with one attached hydrogen (secondary N) is 1. The van der Waals surface area contributed by atoms with Gasteiger partial charge in [0.2, 0.25) is 15.9 Å². The molecule has 0 unspecified atom stereocenters. The molecule has 2 aromatic rings. The number of benzene rings is 2. The van der Waals surface area contributed by atoms with Crippen molar-refractivity contribution in [3.05, 3.63) is 59.7 Å². The number of carbonyl (C=O) groups excluding carboxylic acids is 1. The van der Waals surface area contributed by atoms with Gasteiger partial charge in [0, 0.05) is 5.69 Å². The van der Waals surface area contributed by atoms with Crippen molar-refractivity contribution in [3.63, 3.8) is 0 Å². The SMILES string of the molecule is CCc1cccc(C)c1NC(=O)[C@@H](CC)N(c1ccccc1)S(C)(=O)=O. The summed E-state index contributed by atoms with van der Waals surface area (Å²) in [5.74, 6) is -0.328. The Morgan fingerprint density at radius 3 is 2.27 bits per heavy atom. The first kappa shape index (κ1) is 20.0. The summed E-state index contributed by atoms with van der Waals surface area (Å²) in [6.07, 6.45) is 2.27. The van der Waals surface area contributed by atoms with E-state index in [1.807, 2.05) is 45.0 Å². The van der Waals surface area contributed by atoms with Crippen LogP contribution in [0.3, 0.4) is 0 Å². The molecule has 1 N–H and O–H groups in total. The van der Waals surface area contributed by atoms with E-state index in [-0.39, 0.29) is 5.91 Å². The quantitative estimate of drug-likeness (QED) is 0.803. The second kappa shape index (κ2) is 8.36. The van der Waals surface area contributed by atoms with Gasteiger partial charge in [0.05, 0.1) is 11.9 Å². The molecule has 0 aliphatic rings. The highest BCUT2D eigenvalue weighted by atomic mass is 32.2. The monoisotopic (exact) mass is 374 g/mol. The average Bonchev–Trinajstić information content (AvgIpc) is 2.60. The highest BCUT2D eigenvalue weighted by Crippen LogP contribution is 2.25. The summed E-state index contributed by atoms with van der Waals surface area (Å²) in [4.78, 5) is 13.0. The van der Waals surface area contributed by atoms with Gasteiger partial charge in [0.25, 0.3) is 0 Å². The molecule has 1 amide bonds. The van der Waals surface area contributed by atoms with Gasteiger partial charge in [-0.15, -0.1) is 0 Å². The molecule has 2 aromatic carbocycles. The molecule has 0 bridgehead atoms. The summed E-state index contributed by atoms with van der Waals surface area (Å²) in [6, 6.07) is 13.8. The molecule has 1 atom stereocenters. The number of nitrogens with zero attached hydrogens (tertiary/aromatic N) is 1. The van der Waals surface area contributed by atoms with Crippen LogP contribution in [0.2, 0.25) is 0 Å². The molecule has 0 spiro atoms. The van der Waals surface area contributed by atoms with Gasteiger partial charge in [-0.3, -0.25) is 9.10 Å². The molecule has 0 saturated heterocycles. The first-order valence-corrected chi connectivity index (χ1v) is 10.6. The van der Waals surface area contributed by atoms with Crippen LogP contribution < -0.4 is 9.62 Å². The highest BCUT2D eigenvalue weighted by Gasteiger charge is 2.31. The Morgan fingerprint density at radius 2 is 1.73 bits per heavy atom. The molecule has 0 fully saturated rings. The number of para-hydroxylation sites is 2. The fourth-order valence-corrected chi connectivity index (χ4v) is 4.26. The Morgan fingerprint density at radius 1 is 1.08 bits per heavy atom. The minimum Gasteiger partial charge on any atom is -0.324 e. The Balaban J connectivity index is 2.41. The Kier molecular flexibility index (Phi) is 6.42. The average molecular weight is 375 g/mol. The number of hydrogen-bond acceptors (Lipinski definition) is 3. The van der Waals surface area contributed by atoms with E-state index in [0.29, 0.717) is 12.1 Å². The lowest BCUT2D eigenvalue weighted by Gasteiger charge is -2.30. The molecule has 5 nitrogen and oxygen atoms in total. The molecule has 6 heteroatoms. The first-order chi connectivity index (χ1) is 12.3. The predicted molar refractivity (Wildman–Crippen MR) is 107 cm³/mol. The minimum atomic E-state index is -3.62. The number of rotatable bonds is 7. The molecule has 0 aliphatic heterocycles. The normalized spacial score (nSPS) is 12.5. The van der Waals surface area contributed by atoms with Crippen molar-refractivity contribution < 1.29 is 13.2 Å². The summed E-state index contributed by atoms with van der Waals surface area (Å²) < 4.78 is 26.1. The third-order valence-electron chi connectivity index (χ3n) is 4.33. The molecule has 140 valence electrons. The van der Waals surface area contributed by atoms with Crippen molar-refractivity contribution >= 4 is 27.3 Å². The van der Waals surface area contributed by atoms with E-state index in [0.717, 1.165) is 29.5 Å². The second-order valence-corrected chi connectivity index (χ2v) is 8.13. The molecule has 0 radical (unpaired) electrons. The standard InChI is InChI=1S/C20H26N2O3S/c1-5-16-12-10-11-15(3)19(16)21-20(23)18(6-2)22(26(4,24)25)17-13-8-7-9-14-17/h7-14,18H,5-6H2,1-4H3,(H,21,23)/t18-/m1/s1. The molecular weight excluding hydrogens is 348 g/mol. The molecular formula is C20H26N2O3S. The number of sulfonamides is 1. The molecule has 0 aliphatic carbocycles. The van der Waals surface area contributed by atoms with Crippen LogP contribution in [-0.2, 0) is 21.2 Å². The smallest absolute Gasteiger partial charge is 0.248 e. The molecule has 0 heterocycles. The van der Waals surface area contributed by atoms with Crippen LogP contribution in [0, 0.1) is 6.92 Å². The predicted octanol–water partition coefficient (Wildman–Crippen LogP) is 3.74. The van der Waals surface area contributed by atoms with Crippen LogP contribution in [0.15, 0.2) is 48.5 Å². The topological polar surface area (TPSA) is 66.5 Å². The van der Waals surface area contributed by atoms with E-state index in [9.17, 15) is 13.2 Å². The summed E-state index contributed by atoms with van der Waals surface area (Å²) in [5.41, 5.74) is 3.23. The van der Waals surface area contributed by atoms with Crippen molar-refractivity contribution in [2.45, 2.75) is 39.7 Å². The van der Waals surface area contributed by atoms with Gasteiger partial charge in [-0.2, -0.15) is 0 Å². The van der Waals surface area contributed by atoms with E-state index in [1.165, 1.54) is 4.31 Å². The second-order valence-electron chi connectivity index (χ2n) is 6.27. The van der Waals surface area contributed by atoms with Crippen LogP contribution >= 0.6 is 0 Å². The lowest BCUT2D eigenvalue weighted by atomic mass is 10.0. The summed E-state index contributed by atoms with van der Waals surface area (Å²) in [7, 11) is -3.62. The van der Waals surface area contributed by atoms with Crippen molar-refractivity contribution in [2.75, 3.05) is 15.9 Å². The van der Waals surface area contributed by atoms with Gasteiger partial charge in [0.15, 0.2) is 0 Å². The minimum absolute atomic E-state index is 0.328. The van der Waals surface area contributed by atoms with Crippen molar-refractivity contribution in [3.8, 4) is 0 Å². The van der Waals surface area contributed by atoms with Crippen LogP contribution in [-0.4, -0.2) is 26.6 Å². The maximum atomic E-state index is 13.0. The van der Waals surface area contributed by atoms with E-state index in [2.05, 4.69) is 5.32 Å². The molecule has 0 saturated carbocycles. The maximum Gasteiger partial charge on any atom is 0.248 e. The van der Waals surface area contributed by atoms with Gasteiger partial charge in [-0.25, -0.2) is 8.42 Å². The third kappa shape index (κ3) is 4.43. The number of anilines is 2. The van der Waals surface area contributed by atoms with E-state index < -0.39 is 16.1 Å². The van der Waals surface area contributed by atoms with Crippen molar-refractivity contribution in [2.24, 2.45) is 0 Å². The summed E-state index contributed by atoms with van der Waals surface area (Å²) in [5, 5.41) is 2.96. The van der Waals surface area contributed by atoms with Gasteiger partial charge in [-0.05, 0) is 43.0 Å². The number of hydrogen-bond donors (Lipinski definition) is 1. The van der Waals surface area contributed by atoms with Crippen molar-refractivity contribution in [1.82, 2.24) is 0 Å². The maximum absolute atomic E-state index is 13.0.